The van der Waals surface area contributed by atoms with E-state index < -0.39 is 0 Å². The predicted molar refractivity (Wildman–Crippen MR) is 78.7 cm³/mol. The summed E-state index contributed by atoms with van der Waals surface area (Å²) >= 11 is 4.10. The van der Waals surface area contributed by atoms with Crippen molar-refractivity contribution in [2.45, 2.75) is 0 Å². The third-order valence-corrected chi connectivity index (χ3v) is 4.00. The first-order valence-electron chi connectivity index (χ1n) is 5.37. The molecule has 1 aliphatic rings. The van der Waals surface area contributed by atoms with Gasteiger partial charge in [0.05, 0.1) is 9.38 Å². The van der Waals surface area contributed by atoms with E-state index >= 15 is 0 Å². The topological polar surface area (TPSA) is 57.6 Å². The zero-order chi connectivity index (χ0) is 14.0. The SMILES string of the molecule is C=CCN1C(=O)S/C(=C/c2ccc(O)c(Br)c2)C1=O. The van der Waals surface area contributed by atoms with Crippen LogP contribution in [0.15, 0.2) is 40.2 Å². The summed E-state index contributed by atoms with van der Waals surface area (Å²) < 4.78 is 0.534. The van der Waals surface area contributed by atoms with Gasteiger partial charge in [-0.15, -0.1) is 6.58 Å². The van der Waals surface area contributed by atoms with Gasteiger partial charge in [0.1, 0.15) is 5.75 Å². The second-order valence-electron chi connectivity index (χ2n) is 3.79. The number of phenolic OH excluding ortho intramolecular Hbond substituents is 1. The number of nitrogens with zero attached hydrogens (tertiary/aromatic N) is 1. The molecule has 0 spiro atoms. The number of hydrogen-bond donors (Lipinski definition) is 1. The van der Waals surface area contributed by atoms with Gasteiger partial charge in [0.15, 0.2) is 0 Å². The van der Waals surface area contributed by atoms with Crippen LogP contribution in [0.3, 0.4) is 0 Å². The molecule has 6 heteroatoms. The number of carbonyl (C=O) groups is 2. The summed E-state index contributed by atoms with van der Waals surface area (Å²) in [6.07, 6.45) is 3.13. The number of thioether (sulfide) groups is 1. The fourth-order valence-electron chi connectivity index (χ4n) is 1.55. The van der Waals surface area contributed by atoms with E-state index in [9.17, 15) is 14.7 Å². The Morgan fingerprint density at radius 3 is 2.79 bits per heavy atom. The highest BCUT2D eigenvalue weighted by Crippen LogP contribution is 2.33. The van der Waals surface area contributed by atoms with E-state index in [2.05, 4.69) is 22.5 Å². The monoisotopic (exact) mass is 339 g/mol. The van der Waals surface area contributed by atoms with Crippen molar-refractivity contribution >= 4 is 44.9 Å². The molecule has 1 aromatic carbocycles. The number of rotatable bonds is 3. The molecule has 2 rings (SSSR count). The lowest BCUT2D eigenvalue weighted by atomic mass is 10.2. The smallest absolute Gasteiger partial charge is 0.293 e. The zero-order valence-corrected chi connectivity index (χ0v) is 12.2. The molecule has 19 heavy (non-hydrogen) atoms. The number of hydrogen-bond acceptors (Lipinski definition) is 4. The molecule has 1 heterocycles. The van der Waals surface area contributed by atoms with Crippen molar-refractivity contribution in [3.63, 3.8) is 0 Å². The Bertz CT molecular complexity index is 598. The van der Waals surface area contributed by atoms with Crippen molar-refractivity contribution in [2.75, 3.05) is 6.54 Å². The molecule has 0 atom stereocenters. The number of imide groups is 1. The highest BCUT2D eigenvalue weighted by atomic mass is 79.9. The van der Waals surface area contributed by atoms with Gasteiger partial charge < -0.3 is 5.11 Å². The van der Waals surface area contributed by atoms with Crippen LogP contribution in [0.5, 0.6) is 5.75 Å². The van der Waals surface area contributed by atoms with Gasteiger partial charge in [-0.05, 0) is 51.5 Å². The summed E-state index contributed by atoms with van der Waals surface area (Å²) in [5.41, 5.74) is 0.730. The highest BCUT2D eigenvalue weighted by Gasteiger charge is 2.33. The van der Waals surface area contributed by atoms with Gasteiger partial charge >= 0.3 is 0 Å². The third kappa shape index (κ3) is 2.90. The molecule has 0 radical (unpaired) electrons. The van der Waals surface area contributed by atoms with Gasteiger partial charge in [0, 0.05) is 6.54 Å². The number of carbonyl (C=O) groups excluding carboxylic acids is 2. The first-order chi connectivity index (χ1) is 9.02. The molecule has 2 amide bonds. The second kappa shape index (κ2) is 5.63. The lowest BCUT2D eigenvalue weighted by molar-refractivity contribution is -0.122. The lowest BCUT2D eigenvalue weighted by Gasteiger charge is -2.07. The Hall–Kier alpha value is -1.53. The van der Waals surface area contributed by atoms with Crippen LogP contribution in [-0.2, 0) is 4.79 Å². The average Bonchev–Trinajstić information content (AvgIpc) is 2.62. The van der Waals surface area contributed by atoms with Crippen LogP contribution < -0.4 is 0 Å². The molecule has 4 nitrogen and oxygen atoms in total. The number of amides is 2. The molecule has 1 saturated heterocycles. The van der Waals surface area contributed by atoms with Crippen molar-refractivity contribution in [2.24, 2.45) is 0 Å². The summed E-state index contributed by atoms with van der Waals surface area (Å²) in [6.45, 7) is 3.72. The maximum atomic E-state index is 12.0. The quantitative estimate of drug-likeness (QED) is 0.677. The van der Waals surface area contributed by atoms with E-state index in [0.29, 0.717) is 9.38 Å². The van der Waals surface area contributed by atoms with Crippen LogP contribution in [-0.4, -0.2) is 27.7 Å². The Balaban J connectivity index is 2.29. The molecular weight excluding hydrogens is 330 g/mol. The minimum Gasteiger partial charge on any atom is -0.507 e. The van der Waals surface area contributed by atoms with Gasteiger partial charge in [0.25, 0.3) is 11.1 Å². The van der Waals surface area contributed by atoms with Gasteiger partial charge in [-0.3, -0.25) is 14.5 Å². The third-order valence-electron chi connectivity index (χ3n) is 2.45. The van der Waals surface area contributed by atoms with Crippen LogP contribution in [0, 0.1) is 0 Å². The molecule has 1 aliphatic heterocycles. The molecule has 1 N–H and O–H groups in total. The molecule has 1 fully saturated rings. The van der Waals surface area contributed by atoms with E-state index in [1.807, 2.05) is 0 Å². The Morgan fingerprint density at radius 1 is 1.42 bits per heavy atom. The highest BCUT2D eigenvalue weighted by molar-refractivity contribution is 9.10. The minimum absolute atomic E-state index is 0.122. The fourth-order valence-corrected chi connectivity index (χ4v) is 2.80. The summed E-state index contributed by atoms with van der Waals surface area (Å²) in [6, 6.07) is 4.86. The van der Waals surface area contributed by atoms with Gasteiger partial charge in [-0.1, -0.05) is 12.1 Å². The van der Waals surface area contributed by atoms with E-state index in [0.717, 1.165) is 22.2 Å². The van der Waals surface area contributed by atoms with Crippen LogP contribution in [0.25, 0.3) is 6.08 Å². The minimum atomic E-state index is -0.320. The van der Waals surface area contributed by atoms with Crippen molar-refractivity contribution in [1.29, 1.82) is 0 Å². The number of halogens is 1. The van der Waals surface area contributed by atoms with Crippen molar-refractivity contribution in [3.8, 4) is 5.75 Å². The molecular formula is C13H10BrNO3S. The van der Waals surface area contributed by atoms with Crippen LogP contribution >= 0.6 is 27.7 Å². The van der Waals surface area contributed by atoms with Gasteiger partial charge in [-0.2, -0.15) is 0 Å². The van der Waals surface area contributed by atoms with Gasteiger partial charge in [0.2, 0.25) is 0 Å². The Labute approximate surface area is 122 Å². The van der Waals surface area contributed by atoms with Crippen LogP contribution in [0.4, 0.5) is 4.79 Å². The summed E-state index contributed by atoms with van der Waals surface area (Å²) in [7, 11) is 0. The molecule has 0 unspecified atom stereocenters. The number of aromatic hydroxyl groups is 1. The lowest BCUT2D eigenvalue weighted by Crippen LogP contribution is -2.27. The molecule has 0 aromatic heterocycles. The average molecular weight is 340 g/mol. The maximum Gasteiger partial charge on any atom is 0.293 e. The predicted octanol–water partition coefficient (Wildman–Crippen LogP) is 3.38. The van der Waals surface area contributed by atoms with Crippen LogP contribution in [0.2, 0.25) is 0 Å². The number of phenols is 1. The second-order valence-corrected chi connectivity index (χ2v) is 5.64. The fraction of sp³-hybridized carbons (Fsp3) is 0.0769. The molecule has 0 aliphatic carbocycles. The Kier molecular flexibility index (Phi) is 4.11. The van der Waals surface area contributed by atoms with Crippen molar-refractivity contribution in [1.82, 2.24) is 4.90 Å². The first kappa shape index (κ1) is 13.9. The van der Waals surface area contributed by atoms with E-state index in [-0.39, 0.29) is 23.4 Å². The van der Waals surface area contributed by atoms with Crippen molar-refractivity contribution < 1.29 is 14.7 Å². The zero-order valence-electron chi connectivity index (χ0n) is 9.80. The molecule has 0 bridgehead atoms. The summed E-state index contributed by atoms with van der Waals surface area (Å²) in [5.74, 6) is -0.198. The first-order valence-corrected chi connectivity index (χ1v) is 6.98. The largest absolute Gasteiger partial charge is 0.507 e. The van der Waals surface area contributed by atoms with E-state index in [1.165, 1.54) is 12.1 Å². The normalized spacial score (nSPS) is 17.3. The van der Waals surface area contributed by atoms with Gasteiger partial charge in [-0.25, -0.2) is 0 Å². The summed E-state index contributed by atoms with van der Waals surface area (Å²) in [4.78, 5) is 25.1. The van der Waals surface area contributed by atoms with Crippen molar-refractivity contribution in [3.05, 3.63) is 45.8 Å². The summed E-state index contributed by atoms with van der Waals surface area (Å²) in [5, 5.41) is 9.10. The molecule has 98 valence electrons. The molecule has 1 aromatic rings. The van der Waals surface area contributed by atoms with Crippen LogP contribution in [0.1, 0.15) is 5.56 Å². The Morgan fingerprint density at radius 2 is 2.16 bits per heavy atom. The van der Waals surface area contributed by atoms with E-state index in [4.69, 9.17) is 0 Å². The molecule has 0 saturated carbocycles. The standard InChI is InChI=1S/C13H10BrNO3S/c1-2-5-15-12(17)11(19-13(15)18)7-8-3-4-10(16)9(14)6-8/h2-4,6-7,16H,1,5H2/b11-7+. The van der Waals surface area contributed by atoms with E-state index in [1.54, 1.807) is 18.2 Å². The maximum absolute atomic E-state index is 12.0. The number of benzene rings is 1.